The molecule has 2 aromatic rings. The summed E-state index contributed by atoms with van der Waals surface area (Å²) in [5, 5.41) is 2.02. The fourth-order valence-corrected chi connectivity index (χ4v) is 2.19. The molecule has 0 aliphatic carbocycles. The second kappa shape index (κ2) is 6.30. The number of nitrogens with two attached hydrogens (primary N) is 1. The maximum Gasteiger partial charge on any atom is 0.265 e. The number of amides is 1. The summed E-state index contributed by atoms with van der Waals surface area (Å²) in [6.45, 7) is 1.06. The molecule has 0 spiro atoms. The van der Waals surface area contributed by atoms with Gasteiger partial charge in [-0.2, -0.15) is 0 Å². The Bertz CT molecular complexity index is 511. The number of ether oxygens (including phenoxy) is 1. The second-order valence-electron chi connectivity index (χ2n) is 3.75. The Balaban J connectivity index is 1.91. The van der Waals surface area contributed by atoms with Crippen molar-refractivity contribution in [3.63, 3.8) is 0 Å². The van der Waals surface area contributed by atoms with Crippen LogP contribution < -0.4 is 11.3 Å². The van der Waals surface area contributed by atoms with Gasteiger partial charge in [0.2, 0.25) is 0 Å². The quantitative estimate of drug-likeness (QED) is 0.492. The van der Waals surface area contributed by atoms with Crippen molar-refractivity contribution < 1.29 is 9.53 Å². The van der Waals surface area contributed by atoms with Crippen LogP contribution in [0.3, 0.4) is 0 Å². The number of carbonyl (C=O) groups is 1. The molecule has 1 amide bonds. The molecule has 0 radical (unpaired) electrons. The topological polar surface area (TPSA) is 64.3 Å². The number of thiophene rings is 1. The fourth-order valence-electron chi connectivity index (χ4n) is 1.55. The van der Waals surface area contributed by atoms with Gasteiger partial charge >= 0.3 is 0 Å². The third-order valence-electron chi connectivity index (χ3n) is 2.41. The van der Waals surface area contributed by atoms with E-state index >= 15 is 0 Å². The lowest BCUT2D eigenvalue weighted by molar-refractivity contribution is 0.0952. The van der Waals surface area contributed by atoms with Crippen LogP contribution in [0.4, 0.5) is 0 Å². The zero-order chi connectivity index (χ0) is 12.8. The normalized spacial score (nSPS) is 10.3. The molecule has 4 nitrogen and oxygen atoms in total. The minimum Gasteiger partial charge on any atom is -0.371 e. The molecule has 0 unspecified atom stereocenters. The lowest BCUT2D eigenvalue weighted by atomic mass is 10.1. The smallest absolute Gasteiger partial charge is 0.265 e. The lowest BCUT2D eigenvalue weighted by Gasteiger charge is -2.05. The summed E-state index contributed by atoms with van der Waals surface area (Å²) in [5.74, 6) is 4.79. The number of nitrogen functional groups attached to an aromatic ring is 1. The van der Waals surface area contributed by atoms with Crippen LogP contribution in [0.25, 0.3) is 0 Å². The molecular weight excluding hydrogens is 248 g/mol. The van der Waals surface area contributed by atoms with Crippen LogP contribution in [0.2, 0.25) is 0 Å². The third kappa shape index (κ3) is 3.40. The van der Waals surface area contributed by atoms with Crippen LogP contribution in [0.5, 0.6) is 0 Å². The predicted octanol–water partition coefficient (Wildman–Crippen LogP) is 2.07. The number of carbonyl (C=O) groups excluding carboxylic acids is 1. The van der Waals surface area contributed by atoms with Crippen LogP contribution in [-0.4, -0.2) is 5.91 Å². The highest BCUT2D eigenvalue weighted by molar-refractivity contribution is 7.09. The van der Waals surface area contributed by atoms with Gasteiger partial charge in [-0.25, -0.2) is 5.84 Å². The van der Waals surface area contributed by atoms with Crippen LogP contribution in [-0.2, 0) is 18.0 Å². The first kappa shape index (κ1) is 12.8. The first-order chi connectivity index (χ1) is 8.79. The highest BCUT2D eigenvalue weighted by atomic mass is 32.1. The van der Waals surface area contributed by atoms with Gasteiger partial charge in [-0.05, 0) is 29.1 Å². The molecule has 0 aliphatic rings. The Hall–Kier alpha value is -1.69. The second-order valence-corrected chi connectivity index (χ2v) is 4.78. The van der Waals surface area contributed by atoms with Crippen LogP contribution in [0, 0.1) is 0 Å². The van der Waals surface area contributed by atoms with Gasteiger partial charge in [0.1, 0.15) is 0 Å². The molecule has 2 rings (SSSR count). The molecule has 5 heteroatoms. The molecule has 0 fully saturated rings. The summed E-state index contributed by atoms with van der Waals surface area (Å²) in [4.78, 5) is 12.5. The fraction of sp³-hybridized carbons (Fsp3) is 0.154. The van der Waals surface area contributed by atoms with E-state index in [-0.39, 0.29) is 5.91 Å². The standard InChI is InChI=1S/C13H14N2O2S/c14-15-13(16)11-4-1-3-10(7-11)8-17-9-12-5-2-6-18-12/h1-7H,8-9,14H2,(H,15,16). The van der Waals surface area contributed by atoms with Gasteiger partial charge in [0.05, 0.1) is 13.2 Å². The van der Waals surface area contributed by atoms with Gasteiger partial charge in [0.25, 0.3) is 5.91 Å². The number of rotatable bonds is 5. The molecular formula is C13H14N2O2S. The minimum absolute atomic E-state index is 0.296. The predicted molar refractivity (Wildman–Crippen MR) is 70.9 cm³/mol. The van der Waals surface area contributed by atoms with Crippen molar-refractivity contribution in [2.75, 3.05) is 0 Å². The van der Waals surface area contributed by atoms with Gasteiger partial charge < -0.3 is 4.74 Å². The van der Waals surface area contributed by atoms with Gasteiger partial charge in [0, 0.05) is 10.4 Å². The van der Waals surface area contributed by atoms with E-state index in [9.17, 15) is 4.79 Å². The van der Waals surface area contributed by atoms with Crippen molar-refractivity contribution in [2.24, 2.45) is 5.84 Å². The van der Waals surface area contributed by atoms with E-state index in [0.29, 0.717) is 18.8 Å². The van der Waals surface area contributed by atoms with Gasteiger partial charge in [-0.1, -0.05) is 18.2 Å². The van der Waals surface area contributed by atoms with Gasteiger partial charge in [-0.15, -0.1) is 11.3 Å². The number of benzene rings is 1. The van der Waals surface area contributed by atoms with Crippen LogP contribution >= 0.6 is 11.3 Å². The molecule has 0 saturated heterocycles. The highest BCUT2D eigenvalue weighted by Crippen LogP contribution is 2.12. The van der Waals surface area contributed by atoms with E-state index in [2.05, 4.69) is 5.43 Å². The third-order valence-corrected chi connectivity index (χ3v) is 3.26. The monoisotopic (exact) mass is 262 g/mol. The summed E-state index contributed by atoms with van der Waals surface area (Å²) < 4.78 is 5.58. The molecule has 94 valence electrons. The van der Waals surface area contributed by atoms with Crippen LogP contribution in [0.15, 0.2) is 41.8 Å². The lowest BCUT2D eigenvalue weighted by Crippen LogP contribution is -2.29. The minimum atomic E-state index is -0.296. The Labute approximate surface area is 109 Å². The van der Waals surface area contributed by atoms with Crippen molar-refractivity contribution in [1.29, 1.82) is 0 Å². The number of hydrogen-bond donors (Lipinski definition) is 2. The Morgan fingerprint density at radius 3 is 2.89 bits per heavy atom. The maximum absolute atomic E-state index is 11.4. The van der Waals surface area contributed by atoms with Crippen molar-refractivity contribution in [3.8, 4) is 0 Å². The average Bonchev–Trinajstić information content (AvgIpc) is 2.91. The molecule has 0 aliphatic heterocycles. The van der Waals surface area contributed by atoms with E-state index in [4.69, 9.17) is 10.6 Å². The Kier molecular flexibility index (Phi) is 4.46. The molecule has 0 bridgehead atoms. The van der Waals surface area contributed by atoms with E-state index in [1.165, 1.54) is 4.88 Å². The van der Waals surface area contributed by atoms with E-state index in [1.54, 1.807) is 23.5 Å². The molecule has 18 heavy (non-hydrogen) atoms. The SMILES string of the molecule is NNC(=O)c1cccc(COCc2cccs2)c1. The summed E-state index contributed by atoms with van der Waals surface area (Å²) in [5.41, 5.74) is 3.60. The summed E-state index contributed by atoms with van der Waals surface area (Å²) >= 11 is 1.66. The largest absolute Gasteiger partial charge is 0.371 e. The Morgan fingerprint density at radius 1 is 1.28 bits per heavy atom. The van der Waals surface area contributed by atoms with E-state index in [0.717, 1.165) is 5.56 Å². The van der Waals surface area contributed by atoms with E-state index in [1.807, 2.05) is 29.6 Å². The average molecular weight is 262 g/mol. The van der Waals surface area contributed by atoms with Crippen molar-refractivity contribution in [2.45, 2.75) is 13.2 Å². The van der Waals surface area contributed by atoms with Crippen molar-refractivity contribution in [3.05, 3.63) is 57.8 Å². The summed E-state index contributed by atoms with van der Waals surface area (Å²) in [6.07, 6.45) is 0. The first-order valence-electron chi connectivity index (χ1n) is 5.49. The molecule has 1 aromatic heterocycles. The number of hydrogen-bond acceptors (Lipinski definition) is 4. The zero-order valence-corrected chi connectivity index (χ0v) is 10.6. The molecule has 0 saturated carbocycles. The highest BCUT2D eigenvalue weighted by Gasteiger charge is 2.04. The zero-order valence-electron chi connectivity index (χ0n) is 9.76. The van der Waals surface area contributed by atoms with Gasteiger partial charge in [0.15, 0.2) is 0 Å². The van der Waals surface area contributed by atoms with Crippen LogP contribution in [0.1, 0.15) is 20.8 Å². The maximum atomic E-state index is 11.4. The summed E-state index contributed by atoms with van der Waals surface area (Å²) in [7, 11) is 0. The molecule has 0 atom stereocenters. The number of hydrazine groups is 1. The van der Waals surface area contributed by atoms with E-state index < -0.39 is 0 Å². The van der Waals surface area contributed by atoms with Gasteiger partial charge in [-0.3, -0.25) is 10.2 Å². The molecule has 3 N–H and O–H groups in total. The van der Waals surface area contributed by atoms with Crippen molar-refractivity contribution in [1.82, 2.24) is 5.43 Å². The van der Waals surface area contributed by atoms with Crippen molar-refractivity contribution >= 4 is 17.2 Å². The first-order valence-corrected chi connectivity index (χ1v) is 6.37. The molecule has 1 aromatic carbocycles. The summed E-state index contributed by atoms with van der Waals surface area (Å²) in [6, 6.07) is 11.2. The number of nitrogens with one attached hydrogen (secondary N) is 1. The Morgan fingerprint density at radius 2 is 2.17 bits per heavy atom. The molecule has 1 heterocycles.